The fourth-order valence-electron chi connectivity index (χ4n) is 2.68. The summed E-state index contributed by atoms with van der Waals surface area (Å²) in [6, 6.07) is 3.82. The summed E-state index contributed by atoms with van der Waals surface area (Å²) in [6.45, 7) is 7.18. The van der Waals surface area contributed by atoms with E-state index in [0.29, 0.717) is 11.5 Å². The van der Waals surface area contributed by atoms with Gasteiger partial charge in [-0.2, -0.15) is 0 Å². The van der Waals surface area contributed by atoms with Crippen molar-refractivity contribution in [1.82, 2.24) is 10.2 Å². The monoisotopic (exact) mass is 310 g/mol. The van der Waals surface area contributed by atoms with Gasteiger partial charge in [0.1, 0.15) is 5.75 Å². The van der Waals surface area contributed by atoms with Crippen LogP contribution in [0.15, 0.2) is 12.1 Å². The van der Waals surface area contributed by atoms with E-state index in [2.05, 4.69) is 38.2 Å². The normalized spacial score (nSPS) is 11.6. The first-order valence-corrected chi connectivity index (χ1v) is 7.47. The minimum Gasteiger partial charge on any atom is -0.496 e. The van der Waals surface area contributed by atoms with E-state index in [1.165, 1.54) is 0 Å². The first-order valence-electron chi connectivity index (χ1n) is 7.47. The van der Waals surface area contributed by atoms with Gasteiger partial charge in [-0.15, -0.1) is 0 Å². The van der Waals surface area contributed by atoms with Crippen molar-refractivity contribution in [2.45, 2.75) is 20.4 Å². The molecule has 1 aromatic rings. The van der Waals surface area contributed by atoms with Crippen molar-refractivity contribution in [2.24, 2.45) is 5.41 Å². The SMILES string of the molecule is COc1cc(OC)c(OC)cc1CNCC(C)(C)CN(C)C. The van der Waals surface area contributed by atoms with E-state index in [0.717, 1.165) is 30.9 Å². The van der Waals surface area contributed by atoms with E-state index in [-0.39, 0.29) is 5.41 Å². The van der Waals surface area contributed by atoms with Gasteiger partial charge in [-0.3, -0.25) is 0 Å². The zero-order valence-corrected chi connectivity index (χ0v) is 14.9. The minimum atomic E-state index is 0.202. The molecule has 0 fully saturated rings. The van der Waals surface area contributed by atoms with Crippen LogP contribution in [0.4, 0.5) is 0 Å². The molecule has 0 saturated heterocycles. The van der Waals surface area contributed by atoms with Crippen molar-refractivity contribution < 1.29 is 14.2 Å². The van der Waals surface area contributed by atoms with Crippen LogP contribution in [-0.2, 0) is 6.54 Å². The van der Waals surface area contributed by atoms with Gasteiger partial charge in [0.2, 0.25) is 0 Å². The number of nitrogens with zero attached hydrogens (tertiary/aromatic N) is 1. The molecule has 1 rings (SSSR count). The van der Waals surface area contributed by atoms with Crippen LogP contribution in [0.2, 0.25) is 0 Å². The maximum Gasteiger partial charge on any atom is 0.164 e. The summed E-state index contributed by atoms with van der Waals surface area (Å²) in [7, 11) is 9.12. The van der Waals surface area contributed by atoms with E-state index in [1.54, 1.807) is 21.3 Å². The summed E-state index contributed by atoms with van der Waals surface area (Å²) in [5.41, 5.74) is 1.26. The van der Waals surface area contributed by atoms with Crippen LogP contribution in [0.5, 0.6) is 17.2 Å². The van der Waals surface area contributed by atoms with Gasteiger partial charge in [-0.05, 0) is 25.6 Å². The van der Waals surface area contributed by atoms with Gasteiger partial charge in [-0.1, -0.05) is 13.8 Å². The fraction of sp³-hybridized carbons (Fsp3) is 0.647. The number of rotatable bonds is 9. The molecule has 0 atom stereocenters. The Morgan fingerprint density at radius 3 is 2.00 bits per heavy atom. The molecule has 5 nitrogen and oxygen atoms in total. The molecule has 0 heterocycles. The average molecular weight is 310 g/mol. The van der Waals surface area contributed by atoms with Crippen LogP contribution in [0.25, 0.3) is 0 Å². The summed E-state index contributed by atoms with van der Waals surface area (Å²) < 4.78 is 16.1. The van der Waals surface area contributed by atoms with Crippen molar-refractivity contribution in [3.8, 4) is 17.2 Å². The van der Waals surface area contributed by atoms with Crippen LogP contribution >= 0.6 is 0 Å². The second-order valence-electron chi connectivity index (χ2n) is 6.52. The molecule has 1 N–H and O–H groups in total. The van der Waals surface area contributed by atoms with Crippen LogP contribution < -0.4 is 19.5 Å². The molecule has 0 aliphatic rings. The molecule has 5 heteroatoms. The van der Waals surface area contributed by atoms with Crippen molar-refractivity contribution in [2.75, 3.05) is 48.5 Å². The van der Waals surface area contributed by atoms with Crippen molar-refractivity contribution in [1.29, 1.82) is 0 Å². The van der Waals surface area contributed by atoms with Crippen molar-refractivity contribution in [3.05, 3.63) is 17.7 Å². The van der Waals surface area contributed by atoms with E-state index in [9.17, 15) is 0 Å². The summed E-state index contributed by atoms with van der Waals surface area (Å²) in [5, 5.41) is 3.51. The zero-order valence-electron chi connectivity index (χ0n) is 14.9. The van der Waals surface area contributed by atoms with Gasteiger partial charge >= 0.3 is 0 Å². The average Bonchev–Trinajstić information content (AvgIpc) is 2.44. The molecule has 0 amide bonds. The zero-order chi connectivity index (χ0) is 16.8. The van der Waals surface area contributed by atoms with Gasteiger partial charge in [0.25, 0.3) is 0 Å². The third-order valence-corrected chi connectivity index (χ3v) is 3.45. The minimum absolute atomic E-state index is 0.202. The van der Waals surface area contributed by atoms with Gasteiger partial charge in [-0.25, -0.2) is 0 Å². The lowest BCUT2D eigenvalue weighted by Gasteiger charge is -2.28. The Morgan fingerprint density at radius 1 is 0.955 bits per heavy atom. The highest BCUT2D eigenvalue weighted by atomic mass is 16.5. The summed E-state index contributed by atoms with van der Waals surface area (Å²) >= 11 is 0. The summed E-state index contributed by atoms with van der Waals surface area (Å²) in [6.07, 6.45) is 0. The molecule has 0 bridgehead atoms. The lowest BCUT2D eigenvalue weighted by Crippen LogP contribution is -2.37. The van der Waals surface area contributed by atoms with E-state index < -0.39 is 0 Å². The molecule has 1 aromatic carbocycles. The van der Waals surface area contributed by atoms with Crippen LogP contribution in [0.1, 0.15) is 19.4 Å². The quantitative estimate of drug-likeness (QED) is 0.758. The molecule has 0 aliphatic heterocycles. The predicted molar refractivity (Wildman–Crippen MR) is 90.1 cm³/mol. The lowest BCUT2D eigenvalue weighted by atomic mass is 9.93. The second kappa shape index (κ2) is 8.25. The number of benzene rings is 1. The highest BCUT2D eigenvalue weighted by Gasteiger charge is 2.19. The molecule has 0 unspecified atom stereocenters. The molecular formula is C17H30N2O3. The first kappa shape index (κ1) is 18.6. The highest BCUT2D eigenvalue weighted by molar-refractivity contribution is 5.50. The summed E-state index contributed by atoms with van der Waals surface area (Å²) in [5.74, 6) is 2.19. The Hall–Kier alpha value is -1.46. The molecule has 0 aromatic heterocycles. The van der Waals surface area contributed by atoms with Crippen molar-refractivity contribution >= 4 is 0 Å². The highest BCUT2D eigenvalue weighted by Crippen LogP contribution is 2.34. The van der Waals surface area contributed by atoms with Gasteiger partial charge < -0.3 is 24.4 Å². The molecular weight excluding hydrogens is 280 g/mol. The molecule has 126 valence electrons. The standard InChI is InChI=1S/C17H30N2O3/c1-17(2,12-19(3)4)11-18-10-13-8-15(21-6)16(22-7)9-14(13)20-5/h8-9,18H,10-12H2,1-7H3. The van der Waals surface area contributed by atoms with Gasteiger partial charge in [0.05, 0.1) is 21.3 Å². The molecule has 0 spiro atoms. The topological polar surface area (TPSA) is 43.0 Å². The summed E-state index contributed by atoms with van der Waals surface area (Å²) in [4.78, 5) is 2.21. The van der Waals surface area contributed by atoms with Gasteiger partial charge in [0.15, 0.2) is 11.5 Å². The Morgan fingerprint density at radius 2 is 1.50 bits per heavy atom. The van der Waals surface area contributed by atoms with Crippen molar-refractivity contribution in [3.63, 3.8) is 0 Å². The Bertz CT molecular complexity index is 473. The molecule has 22 heavy (non-hydrogen) atoms. The maximum atomic E-state index is 5.45. The van der Waals surface area contributed by atoms with Crippen LogP contribution in [0, 0.1) is 5.41 Å². The number of hydrogen-bond acceptors (Lipinski definition) is 5. The number of methoxy groups -OCH3 is 3. The number of ether oxygens (including phenoxy) is 3. The van der Waals surface area contributed by atoms with E-state index in [1.807, 2.05) is 12.1 Å². The Kier molecular flexibility index (Phi) is 6.97. The smallest absolute Gasteiger partial charge is 0.164 e. The maximum absolute atomic E-state index is 5.45. The molecule has 0 saturated carbocycles. The lowest BCUT2D eigenvalue weighted by molar-refractivity contribution is 0.232. The van der Waals surface area contributed by atoms with Crippen LogP contribution in [0.3, 0.4) is 0 Å². The fourth-order valence-corrected chi connectivity index (χ4v) is 2.68. The largest absolute Gasteiger partial charge is 0.496 e. The third kappa shape index (κ3) is 5.39. The van der Waals surface area contributed by atoms with Crippen LogP contribution in [-0.4, -0.2) is 53.4 Å². The van der Waals surface area contributed by atoms with Gasteiger partial charge in [0, 0.05) is 31.3 Å². The predicted octanol–water partition coefficient (Wildman–Crippen LogP) is 2.39. The van der Waals surface area contributed by atoms with E-state index >= 15 is 0 Å². The van der Waals surface area contributed by atoms with E-state index in [4.69, 9.17) is 14.2 Å². The second-order valence-corrected chi connectivity index (χ2v) is 6.52. The number of hydrogen-bond donors (Lipinski definition) is 1. The third-order valence-electron chi connectivity index (χ3n) is 3.45. The first-order chi connectivity index (χ1) is 10.3. The Balaban J connectivity index is 2.76. The molecule has 0 aliphatic carbocycles. The number of nitrogens with one attached hydrogen (secondary N) is 1. The Labute approximate surface area is 134 Å². The molecule has 0 radical (unpaired) electrons.